The molecule has 6 heterocycles. The Morgan fingerprint density at radius 2 is 1.65 bits per heavy atom. The SMILES string of the molecule is CC(C)(O)c1cc2nn(C3CCN(CCCC4CCN(c5ccc6c(c5)C(=O)N(C5CCC(=O)NC5=O)C6=O)CC4)CC3)cc2cc1NC(=O)c1cccc(C(F)(F)F)n1. The predicted molar refractivity (Wildman–Crippen MR) is 214 cm³/mol. The van der Waals surface area contributed by atoms with Crippen LogP contribution < -0.4 is 15.5 Å². The van der Waals surface area contributed by atoms with Crippen molar-refractivity contribution < 1.29 is 42.3 Å². The summed E-state index contributed by atoms with van der Waals surface area (Å²) < 4.78 is 41.7. The van der Waals surface area contributed by atoms with Gasteiger partial charge >= 0.3 is 6.18 Å². The minimum absolute atomic E-state index is 0.0773. The first kappa shape index (κ1) is 41.1. The number of piperidine rings is 3. The van der Waals surface area contributed by atoms with E-state index in [0.717, 1.165) is 99.4 Å². The third kappa shape index (κ3) is 8.37. The lowest BCUT2D eigenvalue weighted by atomic mass is 9.91. The first-order valence-electron chi connectivity index (χ1n) is 20.5. The number of nitrogens with zero attached hydrogens (tertiary/aromatic N) is 6. The Morgan fingerprint density at radius 3 is 2.35 bits per heavy atom. The van der Waals surface area contributed by atoms with Crippen LogP contribution in [0.25, 0.3) is 10.9 Å². The van der Waals surface area contributed by atoms with Crippen LogP contribution in [0, 0.1) is 5.92 Å². The highest BCUT2D eigenvalue weighted by Crippen LogP contribution is 2.36. The molecule has 1 atom stereocenters. The van der Waals surface area contributed by atoms with E-state index in [-0.39, 0.29) is 30.1 Å². The molecule has 0 bridgehead atoms. The normalized spacial score (nSPS) is 19.9. The van der Waals surface area contributed by atoms with Gasteiger partial charge in [0.1, 0.15) is 17.4 Å². The summed E-state index contributed by atoms with van der Waals surface area (Å²) in [6.07, 6.45) is 3.43. The summed E-state index contributed by atoms with van der Waals surface area (Å²) in [7, 11) is 0. The van der Waals surface area contributed by atoms with Gasteiger partial charge in [-0.05, 0) is 114 Å². The van der Waals surface area contributed by atoms with Crippen molar-refractivity contribution in [1.29, 1.82) is 0 Å². The molecule has 316 valence electrons. The summed E-state index contributed by atoms with van der Waals surface area (Å²) in [4.78, 5) is 72.7. The van der Waals surface area contributed by atoms with E-state index < -0.39 is 58.7 Å². The van der Waals surface area contributed by atoms with Crippen LogP contribution in [0.5, 0.6) is 0 Å². The summed E-state index contributed by atoms with van der Waals surface area (Å²) in [5.41, 5.74) is -0.234. The zero-order valence-electron chi connectivity index (χ0n) is 33.4. The first-order valence-corrected chi connectivity index (χ1v) is 20.5. The quantitative estimate of drug-likeness (QED) is 0.170. The molecular weight excluding hydrogens is 782 g/mol. The van der Waals surface area contributed by atoms with Crippen LogP contribution >= 0.6 is 0 Å². The van der Waals surface area contributed by atoms with Crippen molar-refractivity contribution in [3.8, 4) is 0 Å². The van der Waals surface area contributed by atoms with Crippen molar-refractivity contribution in [2.24, 2.45) is 5.92 Å². The number of carbonyl (C=O) groups excluding carboxylic acids is 5. The number of nitrogens with one attached hydrogen (secondary N) is 2. The third-order valence-corrected chi connectivity index (χ3v) is 12.3. The highest BCUT2D eigenvalue weighted by atomic mass is 19.4. The maximum absolute atomic E-state index is 13.3. The molecule has 8 rings (SSSR count). The van der Waals surface area contributed by atoms with E-state index >= 15 is 0 Å². The fourth-order valence-corrected chi connectivity index (χ4v) is 8.94. The van der Waals surface area contributed by atoms with Gasteiger partial charge in [-0.1, -0.05) is 6.07 Å². The van der Waals surface area contributed by atoms with Gasteiger partial charge in [-0.25, -0.2) is 4.98 Å². The average molecular weight is 829 g/mol. The highest BCUT2D eigenvalue weighted by Gasteiger charge is 2.45. The molecule has 2 aromatic carbocycles. The van der Waals surface area contributed by atoms with Crippen LogP contribution in [0.2, 0.25) is 0 Å². The lowest BCUT2D eigenvalue weighted by Crippen LogP contribution is -2.54. The molecule has 4 aliphatic heterocycles. The number of hydrogen-bond acceptors (Lipinski definition) is 10. The average Bonchev–Trinajstić information content (AvgIpc) is 3.74. The predicted octanol–water partition coefficient (Wildman–Crippen LogP) is 5.66. The number of amides is 5. The monoisotopic (exact) mass is 828 g/mol. The lowest BCUT2D eigenvalue weighted by Gasteiger charge is -2.35. The number of aliphatic hydroxyl groups is 1. The maximum atomic E-state index is 13.3. The fraction of sp³-hybridized carbons (Fsp3) is 0.465. The Labute approximate surface area is 344 Å². The van der Waals surface area contributed by atoms with Crippen molar-refractivity contribution in [3.05, 3.63) is 82.8 Å². The van der Waals surface area contributed by atoms with Gasteiger partial charge in [0.25, 0.3) is 17.7 Å². The second kappa shape index (κ2) is 16.1. The molecule has 5 amide bonds. The van der Waals surface area contributed by atoms with E-state index in [0.29, 0.717) is 22.6 Å². The largest absolute Gasteiger partial charge is 0.433 e. The summed E-state index contributed by atoms with van der Waals surface area (Å²) in [6, 6.07) is 11.0. The van der Waals surface area contributed by atoms with E-state index in [9.17, 15) is 42.3 Å². The van der Waals surface area contributed by atoms with Gasteiger partial charge in [0.15, 0.2) is 0 Å². The second-order valence-electron chi connectivity index (χ2n) is 16.8. The molecule has 4 aliphatic rings. The molecule has 0 radical (unpaired) electrons. The molecule has 3 saturated heterocycles. The number of benzene rings is 2. The molecule has 60 heavy (non-hydrogen) atoms. The Balaban J connectivity index is 0.814. The second-order valence-corrected chi connectivity index (χ2v) is 16.8. The van der Waals surface area contributed by atoms with Crippen LogP contribution in [0.3, 0.4) is 0 Å². The summed E-state index contributed by atoms with van der Waals surface area (Å²) in [5, 5.41) is 21.4. The summed E-state index contributed by atoms with van der Waals surface area (Å²) in [6.45, 7) is 7.63. The molecule has 17 heteroatoms. The maximum Gasteiger partial charge on any atom is 0.433 e. The topological polar surface area (TPSA) is 170 Å². The van der Waals surface area contributed by atoms with Gasteiger partial charge in [0.2, 0.25) is 11.8 Å². The number of rotatable bonds is 10. The number of fused-ring (bicyclic) bond motifs is 2. The van der Waals surface area contributed by atoms with Gasteiger partial charge in [0, 0.05) is 61.1 Å². The van der Waals surface area contributed by atoms with Gasteiger partial charge in [-0.2, -0.15) is 18.3 Å². The number of halogens is 3. The summed E-state index contributed by atoms with van der Waals surface area (Å²) >= 11 is 0. The van der Waals surface area contributed by atoms with Gasteiger partial charge in [-0.15, -0.1) is 0 Å². The molecular formula is C43H47F3N8O6. The molecule has 0 spiro atoms. The van der Waals surface area contributed by atoms with E-state index in [1.165, 1.54) is 6.07 Å². The Morgan fingerprint density at radius 1 is 0.917 bits per heavy atom. The van der Waals surface area contributed by atoms with Gasteiger partial charge in [-0.3, -0.25) is 38.9 Å². The van der Waals surface area contributed by atoms with Gasteiger partial charge in [0.05, 0.1) is 28.3 Å². The first-order chi connectivity index (χ1) is 28.5. The number of carbonyl (C=O) groups is 5. The fourth-order valence-electron chi connectivity index (χ4n) is 8.94. The highest BCUT2D eigenvalue weighted by molar-refractivity contribution is 6.23. The number of aromatic nitrogens is 3. The van der Waals surface area contributed by atoms with Crippen LogP contribution in [-0.2, 0) is 21.4 Å². The van der Waals surface area contributed by atoms with E-state index in [2.05, 4.69) is 25.4 Å². The number of hydrogen-bond donors (Lipinski definition) is 3. The van der Waals surface area contributed by atoms with Crippen LogP contribution in [0.15, 0.2) is 54.7 Å². The Kier molecular flexibility index (Phi) is 11.0. The van der Waals surface area contributed by atoms with E-state index in [1.54, 1.807) is 38.1 Å². The van der Waals surface area contributed by atoms with Crippen molar-refractivity contribution >= 4 is 51.8 Å². The number of anilines is 2. The summed E-state index contributed by atoms with van der Waals surface area (Å²) in [5.74, 6) is -2.27. The molecule has 4 aromatic rings. The minimum atomic E-state index is -4.70. The zero-order valence-corrected chi connectivity index (χ0v) is 33.4. The number of alkyl halides is 3. The zero-order chi connectivity index (χ0) is 42.5. The molecule has 3 fully saturated rings. The van der Waals surface area contributed by atoms with Gasteiger partial charge < -0.3 is 20.2 Å². The molecule has 1 unspecified atom stereocenters. The Hall–Kier alpha value is -5.68. The number of likely N-dealkylation sites (tertiary alicyclic amines) is 1. The smallest absolute Gasteiger partial charge is 0.386 e. The molecule has 3 N–H and O–H groups in total. The van der Waals surface area contributed by atoms with Crippen molar-refractivity contribution in [2.75, 3.05) is 42.9 Å². The van der Waals surface area contributed by atoms with E-state index in [1.807, 2.05) is 16.9 Å². The Bertz CT molecular complexity index is 2360. The third-order valence-electron chi connectivity index (χ3n) is 12.3. The van der Waals surface area contributed by atoms with Crippen molar-refractivity contribution in [1.82, 2.24) is 29.9 Å². The van der Waals surface area contributed by atoms with E-state index in [4.69, 9.17) is 5.10 Å². The van der Waals surface area contributed by atoms with Crippen LogP contribution in [0.1, 0.15) is 114 Å². The molecule has 2 aromatic heterocycles. The van der Waals surface area contributed by atoms with Crippen molar-refractivity contribution in [2.45, 2.75) is 89.1 Å². The van der Waals surface area contributed by atoms with Crippen molar-refractivity contribution in [3.63, 3.8) is 0 Å². The lowest BCUT2D eigenvalue weighted by molar-refractivity contribution is -0.141. The minimum Gasteiger partial charge on any atom is -0.386 e. The number of imide groups is 2. The number of pyridine rings is 1. The molecule has 0 saturated carbocycles. The molecule has 14 nitrogen and oxygen atoms in total. The molecule has 0 aliphatic carbocycles. The standard InChI is InChI=1S/C43H47F3N8O6/c1-42(2,60)31-23-33-26(21-34(31)48-38(56)32-6-3-7-36(47-32)43(44,45)46)24-53(50-33)27-14-17-51(18-15-27)16-4-5-25-12-19-52(20-13-25)28-8-9-29-30(22-28)41(59)54(40(29)58)35-10-11-37(55)49-39(35)57/h3,6-9,21-25,27,35,60H,4-5,10-20H2,1-2H3,(H,48,56)(H,49,55,57). The van der Waals surface area contributed by atoms with Crippen LogP contribution in [-0.4, -0.2) is 98.0 Å². The van der Waals surface area contributed by atoms with Crippen LogP contribution in [0.4, 0.5) is 24.5 Å².